The van der Waals surface area contributed by atoms with Gasteiger partial charge in [-0.15, -0.1) is 0 Å². The Morgan fingerprint density at radius 3 is 2.71 bits per heavy atom. The predicted molar refractivity (Wildman–Crippen MR) is 130 cm³/mol. The smallest absolute Gasteiger partial charge is 0.339 e. The number of halogens is 2. The molecular formula is C28H18ClFN2O2. The van der Waals surface area contributed by atoms with Gasteiger partial charge >= 0.3 is 5.97 Å². The van der Waals surface area contributed by atoms with Gasteiger partial charge in [0.2, 0.25) is 0 Å². The molecule has 4 aromatic rings. The second kappa shape index (κ2) is 9.09. The lowest BCUT2D eigenvalue weighted by Gasteiger charge is -2.13. The number of fused-ring (bicyclic) bond motifs is 2. The van der Waals surface area contributed by atoms with Crippen LogP contribution in [0.3, 0.4) is 0 Å². The fourth-order valence-electron chi connectivity index (χ4n) is 4.31. The molecule has 1 aliphatic carbocycles. The van der Waals surface area contributed by atoms with Crippen molar-refractivity contribution in [3.05, 3.63) is 111 Å². The number of allylic oxidation sites excluding steroid dienone is 1. The Morgan fingerprint density at radius 2 is 1.88 bits per heavy atom. The van der Waals surface area contributed by atoms with Crippen molar-refractivity contribution in [3.8, 4) is 6.07 Å². The van der Waals surface area contributed by atoms with E-state index in [0.717, 1.165) is 11.1 Å². The van der Waals surface area contributed by atoms with Crippen LogP contribution in [-0.4, -0.2) is 11.0 Å². The molecule has 0 saturated carbocycles. The average molecular weight is 469 g/mol. The number of nitrogens with zero attached hydrogens (tertiary/aromatic N) is 2. The van der Waals surface area contributed by atoms with Gasteiger partial charge in [0.15, 0.2) is 0 Å². The van der Waals surface area contributed by atoms with Crippen molar-refractivity contribution >= 4 is 40.1 Å². The summed E-state index contributed by atoms with van der Waals surface area (Å²) in [7, 11) is 0. The number of pyridine rings is 1. The number of para-hydroxylation sites is 1. The highest BCUT2D eigenvalue weighted by Gasteiger charge is 2.28. The van der Waals surface area contributed by atoms with Crippen molar-refractivity contribution < 1.29 is 13.9 Å². The maximum atomic E-state index is 14.4. The number of aromatic nitrogens is 1. The summed E-state index contributed by atoms with van der Waals surface area (Å²) >= 11 is 6.23. The van der Waals surface area contributed by atoms with Gasteiger partial charge in [-0.05, 0) is 54.3 Å². The molecule has 0 radical (unpaired) electrons. The van der Waals surface area contributed by atoms with Gasteiger partial charge in [0.25, 0.3) is 0 Å². The SMILES string of the molecule is N#Cc1ccccc1COC(=O)c1c2c(nc3ccccc13)C(=Cc1c(F)cccc1Cl)CC2. The topological polar surface area (TPSA) is 63.0 Å². The van der Waals surface area contributed by atoms with E-state index in [0.29, 0.717) is 56.7 Å². The van der Waals surface area contributed by atoms with E-state index >= 15 is 0 Å². The van der Waals surface area contributed by atoms with E-state index in [1.807, 2.05) is 24.3 Å². The van der Waals surface area contributed by atoms with Crippen LogP contribution in [-0.2, 0) is 17.8 Å². The van der Waals surface area contributed by atoms with E-state index in [9.17, 15) is 14.4 Å². The minimum atomic E-state index is -0.479. The van der Waals surface area contributed by atoms with Crippen LogP contribution >= 0.6 is 11.6 Å². The molecular weight excluding hydrogens is 451 g/mol. The predicted octanol–water partition coefficient (Wildman–Crippen LogP) is 6.74. The van der Waals surface area contributed by atoms with Gasteiger partial charge in [-0.25, -0.2) is 14.2 Å². The third-order valence-electron chi connectivity index (χ3n) is 5.96. The van der Waals surface area contributed by atoms with E-state index < -0.39 is 11.8 Å². The summed E-state index contributed by atoms with van der Waals surface area (Å²) in [5.41, 5.74) is 4.76. The Kier molecular flexibility index (Phi) is 5.83. The molecule has 0 atom stereocenters. The largest absolute Gasteiger partial charge is 0.457 e. The summed E-state index contributed by atoms with van der Waals surface area (Å²) in [6.45, 7) is -0.0124. The van der Waals surface area contributed by atoms with Crippen molar-refractivity contribution in [2.24, 2.45) is 0 Å². The molecule has 0 spiro atoms. The fourth-order valence-corrected chi connectivity index (χ4v) is 4.52. The van der Waals surface area contributed by atoms with Crippen LogP contribution in [0, 0.1) is 17.1 Å². The molecule has 6 heteroatoms. The molecule has 5 rings (SSSR count). The number of esters is 1. The van der Waals surface area contributed by atoms with Crippen LogP contribution in [0.4, 0.5) is 4.39 Å². The monoisotopic (exact) mass is 468 g/mol. The molecule has 4 nitrogen and oxygen atoms in total. The van der Waals surface area contributed by atoms with Crippen molar-refractivity contribution in [2.45, 2.75) is 19.4 Å². The van der Waals surface area contributed by atoms with Crippen LogP contribution in [0.15, 0.2) is 66.7 Å². The number of hydrogen-bond acceptors (Lipinski definition) is 4. The number of benzene rings is 3. The second-order valence-corrected chi connectivity index (χ2v) is 8.39. The maximum Gasteiger partial charge on any atom is 0.339 e. The Morgan fingerprint density at radius 1 is 1.09 bits per heavy atom. The number of hydrogen-bond donors (Lipinski definition) is 0. The number of ether oxygens (including phenoxy) is 1. The van der Waals surface area contributed by atoms with Crippen molar-refractivity contribution in [1.29, 1.82) is 5.26 Å². The van der Waals surface area contributed by atoms with Crippen molar-refractivity contribution in [3.63, 3.8) is 0 Å². The summed E-state index contributed by atoms with van der Waals surface area (Å²) in [6, 6.07) is 21.1. The fraction of sp³-hybridized carbons (Fsp3) is 0.107. The molecule has 166 valence electrons. The number of carbonyl (C=O) groups is 1. The molecule has 0 amide bonds. The van der Waals surface area contributed by atoms with Gasteiger partial charge in [-0.1, -0.05) is 54.1 Å². The van der Waals surface area contributed by atoms with Gasteiger partial charge in [-0.2, -0.15) is 5.26 Å². The van der Waals surface area contributed by atoms with Gasteiger partial charge in [-0.3, -0.25) is 0 Å². The highest BCUT2D eigenvalue weighted by Crippen LogP contribution is 2.39. The standard InChI is InChI=1S/C28H18ClFN2O2/c29-23-9-5-10-24(30)22(23)14-17-12-13-21-26(20-8-3-4-11-25(20)32-27(17)21)28(33)34-16-19-7-2-1-6-18(19)15-31/h1-11,14H,12-13,16H2. The molecule has 1 aliphatic rings. The lowest BCUT2D eigenvalue weighted by Crippen LogP contribution is -2.11. The summed E-state index contributed by atoms with van der Waals surface area (Å²) in [4.78, 5) is 18.1. The summed E-state index contributed by atoms with van der Waals surface area (Å²) in [5, 5.41) is 10.3. The van der Waals surface area contributed by atoms with Crippen LogP contribution in [0.25, 0.3) is 22.6 Å². The van der Waals surface area contributed by atoms with Crippen LogP contribution in [0.5, 0.6) is 0 Å². The first-order valence-corrected chi connectivity index (χ1v) is 11.2. The third-order valence-corrected chi connectivity index (χ3v) is 6.29. The molecule has 0 aliphatic heterocycles. The lowest BCUT2D eigenvalue weighted by atomic mass is 10.0. The second-order valence-electron chi connectivity index (χ2n) is 7.98. The summed E-state index contributed by atoms with van der Waals surface area (Å²) < 4.78 is 20.1. The Balaban J connectivity index is 1.58. The van der Waals surface area contributed by atoms with Gasteiger partial charge in [0.1, 0.15) is 12.4 Å². The molecule has 34 heavy (non-hydrogen) atoms. The maximum absolute atomic E-state index is 14.4. The van der Waals surface area contributed by atoms with Crippen molar-refractivity contribution in [2.75, 3.05) is 0 Å². The zero-order chi connectivity index (χ0) is 23.7. The molecule has 3 aromatic carbocycles. The van der Waals surface area contributed by atoms with Crippen molar-refractivity contribution in [1.82, 2.24) is 4.98 Å². The molecule has 0 saturated heterocycles. The zero-order valence-corrected chi connectivity index (χ0v) is 18.8. The minimum Gasteiger partial charge on any atom is -0.457 e. The van der Waals surface area contributed by atoms with E-state index in [1.54, 1.807) is 42.5 Å². The van der Waals surface area contributed by atoms with Gasteiger partial charge < -0.3 is 4.74 Å². The first-order valence-electron chi connectivity index (χ1n) is 10.8. The van der Waals surface area contributed by atoms with Crippen LogP contribution < -0.4 is 0 Å². The van der Waals surface area contributed by atoms with E-state index in [4.69, 9.17) is 21.3 Å². The normalized spacial score (nSPS) is 13.6. The average Bonchev–Trinajstić information content (AvgIpc) is 3.25. The number of carbonyl (C=O) groups excluding carboxylic acids is 1. The number of rotatable bonds is 4. The lowest BCUT2D eigenvalue weighted by molar-refractivity contribution is 0.0473. The van der Waals surface area contributed by atoms with Crippen LogP contribution in [0.2, 0.25) is 5.02 Å². The molecule has 0 fully saturated rings. The summed E-state index contributed by atoms with van der Waals surface area (Å²) in [5.74, 6) is -0.891. The molecule has 1 heterocycles. The summed E-state index contributed by atoms with van der Waals surface area (Å²) in [6.07, 6.45) is 2.88. The van der Waals surface area contributed by atoms with Gasteiger partial charge in [0, 0.05) is 16.5 Å². The van der Waals surface area contributed by atoms with E-state index in [2.05, 4.69) is 6.07 Å². The third kappa shape index (κ3) is 3.93. The molecule has 1 aromatic heterocycles. The molecule has 0 unspecified atom stereocenters. The Hall–Kier alpha value is -4.01. The Bertz CT molecular complexity index is 1500. The zero-order valence-electron chi connectivity index (χ0n) is 18.0. The van der Waals surface area contributed by atoms with Gasteiger partial charge in [0.05, 0.1) is 33.4 Å². The highest BCUT2D eigenvalue weighted by molar-refractivity contribution is 6.32. The number of nitriles is 1. The molecule has 0 bridgehead atoms. The minimum absolute atomic E-state index is 0.0124. The van der Waals surface area contributed by atoms with Crippen LogP contribution in [0.1, 0.15) is 44.7 Å². The quantitative estimate of drug-likeness (QED) is 0.311. The first kappa shape index (κ1) is 21.8. The highest BCUT2D eigenvalue weighted by atomic mass is 35.5. The van der Waals surface area contributed by atoms with E-state index in [-0.39, 0.29) is 6.61 Å². The molecule has 0 N–H and O–H groups in total. The first-order chi connectivity index (χ1) is 16.6. The van der Waals surface area contributed by atoms with E-state index in [1.165, 1.54) is 6.07 Å². The Labute approximate surface area is 200 Å².